The third kappa shape index (κ3) is 5.42. The maximum Gasteiger partial charge on any atom is 0.282 e. The van der Waals surface area contributed by atoms with Crippen molar-refractivity contribution < 1.29 is 19.1 Å². The first-order chi connectivity index (χ1) is 20.5. The largest absolute Gasteiger partial charge is 0.497 e. The number of amidine groups is 1. The van der Waals surface area contributed by atoms with E-state index in [1.165, 1.54) is 16.8 Å². The molecule has 1 N–H and O–H groups in total. The van der Waals surface area contributed by atoms with Gasteiger partial charge < -0.3 is 4.74 Å². The number of ether oxygens (including phenoxy) is 1. The lowest BCUT2D eigenvalue weighted by Crippen LogP contribution is -2.44. The lowest BCUT2D eigenvalue weighted by atomic mass is 10.1. The molecule has 4 aromatic carbocycles. The minimum atomic E-state index is -0.426. The van der Waals surface area contributed by atoms with Crippen LogP contribution in [-0.4, -0.2) is 41.4 Å². The second kappa shape index (κ2) is 11.8. The van der Waals surface area contributed by atoms with Crippen LogP contribution in [0.2, 0.25) is 0 Å². The Morgan fingerprint density at radius 1 is 0.905 bits per heavy atom. The fourth-order valence-corrected chi connectivity index (χ4v) is 5.85. The van der Waals surface area contributed by atoms with Gasteiger partial charge in [0.25, 0.3) is 17.7 Å². The summed E-state index contributed by atoms with van der Waals surface area (Å²) in [5.74, 6) is 0.593. The molecule has 6 rings (SSSR count). The Kier molecular flexibility index (Phi) is 7.57. The maximum atomic E-state index is 13.6. The summed E-state index contributed by atoms with van der Waals surface area (Å²) in [4.78, 5) is 45.7. The van der Waals surface area contributed by atoms with E-state index in [4.69, 9.17) is 9.73 Å². The highest BCUT2D eigenvalue weighted by molar-refractivity contribution is 8.00. The third-order valence-corrected chi connectivity index (χ3v) is 8.09. The number of benzene rings is 4. The lowest BCUT2D eigenvalue weighted by Gasteiger charge is -2.25. The van der Waals surface area contributed by atoms with Crippen molar-refractivity contribution in [3.05, 3.63) is 137 Å². The number of nitrogens with one attached hydrogen (secondary N) is 1. The molecule has 0 aromatic heterocycles. The summed E-state index contributed by atoms with van der Waals surface area (Å²) in [6.07, 6.45) is 1.76. The van der Waals surface area contributed by atoms with Crippen molar-refractivity contribution >= 4 is 47.1 Å². The molecule has 1 unspecified atom stereocenters. The Morgan fingerprint density at radius 3 is 2.24 bits per heavy atom. The van der Waals surface area contributed by atoms with Crippen molar-refractivity contribution in [1.82, 2.24) is 10.4 Å². The van der Waals surface area contributed by atoms with E-state index in [0.717, 1.165) is 16.7 Å². The highest BCUT2D eigenvalue weighted by atomic mass is 32.2. The average Bonchev–Trinajstić information content (AvgIpc) is 3.56. The first kappa shape index (κ1) is 27.0. The summed E-state index contributed by atoms with van der Waals surface area (Å²) < 4.78 is 5.23. The summed E-state index contributed by atoms with van der Waals surface area (Å²) in [6.45, 7) is 0. The minimum absolute atomic E-state index is 0.185. The molecule has 3 amide bonds. The van der Waals surface area contributed by atoms with Crippen LogP contribution in [0.4, 0.5) is 5.69 Å². The van der Waals surface area contributed by atoms with Gasteiger partial charge in [-0.1, -0.05) is 72.8 Å². The number of carbonyl (C=O) groups is 3. The molecular formula is C33H26N4O4S. The van der Waals surface area contributed by atoms with Gasteiger partial charge in [-0.2, -0.15) is 0 Å². The van der Waals surface area contributed by atoms with Crippen molar-refractivity contribution in [2.75, 3.05) is 17.8 Å². The fraction of sp³-hybridized carbons (Fsp3) is 0.0909. The predicted octanol–water partition coefficient (Wildman–Crippen LogP) is 5.45. The second-order valence-electron chi connectivity index (χ2n) is 9.57. The van der Waals surface area contributed by atoms with Crippen LogP contribution < -0.4 is 15.1 Å². The van der Waals surface area contributed by atoms with Crippen LogP contribution in [0, 0.1) is 0 Å². The lowest BCUT2D eigenvalue weighted by molar-refractivity contribution is -0.130. The summed E-state index contributed by atoms with van der Waals surface area (Å²) in [6, 6.07) is 33.1. The van der Waals surface area contributed by atoms with Gasteiger partial charge in [-0.05, 0) is 53.6 Å². The van der Waals surface area contributed by atoms with E-state index in [9.17, 15) is 14.4 Å². The minimum Gasteiger partial charge on any atom is -0.497 e. The van der Waals surface area contributed by atoms with Gasteiger partial charge >= 0.3 is 0 Å². The van der Waals surface area contributed by atoms with E-state index < -0.39 is 5.91 Å². The fourth-order valence-electron chi connectivity index (χ4n) is 4.74. The van der Waals surface area contributed by atoms with Crippen LogP contribution in [0.1, 0.15) is 32.4 Å². The summed E-state index contributed by atoms with van der Waals surface area (Å²) in [5, 5.41) is 1.02. The molecule has 1 saturated heterocycles. The number of methoxy groups -OCH3 is 1. The van der Waals surface area contributed by atoms with E-state index in [1.54, 1.807) is 42.4 Å². The quantitative estimate of drug-likeness (QED) is 0.297. The van der Waals surface area contributed by atoms with Crippen LogP contribution in [0.3, 0.4) is 0 Å². The van der Waals surface area contributed by atoms with Crippen LogP contribution in [0.15, 0.2) is 120 Å². The molecule has 0 bridgehead atoms. The van der Waals surface area contributed by atoms with E-state index in [0.29, 0.717) is 28.5 Å². The second-order valence-corrected chi connectivity index (χ2v) is 10.6. The topological polar surface area (TPSA) is 91.3 Å². The predicted molar refractivity (Wildman–Crippen MR) is 164 cm³/mol. The van der Waals surface area contributed by atoms with Gasteiger partial charge in [0.15, 0.2) is 0 Å². The van der Waals surface area contributed by atoms with Crippen LogP contribution in [0.25, 0.3) is 6.08 Å². The van der Waals surface area contributed by atoms with Gasteiger partial charge in [0.1, 0.15) is 22.7 Å². The molecule has 1 fully saturated rings. The van der Waals surface area contributed by atoms with Crippen LogP contribution in [-0.2, 0) is 9.59 Å². The highest BCUT2D eigenvalue weighted by Gasteiger charge is 2.35. The number of carbonyl (C=O) groups excluding carboxylic acids is 3. The molecule has 208 valence electrons. The summed E-state index contributed by atoms with van der Waals surface area (Å²) in [7, 11) is 1.59. The average molecular weight is 575 g/mol. The highest BCUT2D eigenvalue weighted by Crippen LogP contribution is 2.38. The first-order valence-electron chi connectivity index (χ1n) is 13.3. The van der Waals surface area contributed by atoms with Crippen LogP contribution in [0.5, 0.6) is 5.75 Å². The third-order valence-electron chi connectivity index (χ3n) is 6.87. The number of nitrogens with zero attached hydrogens (tertiary/aromatic N) is 3. The number of anilines is 1. The Labute approximate surface area is 247 Å². The summed E-state index contributed by atoms with van der Waals surface area (Å²) >= 11 is 1.44. The molecule has 8 nitrogen and oxygen atoms in total. The first-order valence-corrected chi connectivity index (χ1v) is 14.3. The van der Waals surface area contributed by atoms with Gasteiger partial charge in [-0.25, -0.2) is 10.0 Å². The number of rotatable bonds is 7. The molecule has 0 radical (unpaired) electrons. The Balaban J connectivity index is 1.24. The standard InChI is InChI=1S/C33H26N4O4S/c1-41-27-18-14-25(15-19-27)33-37(29(38)21-42-33)35-31(39)24-12-16-26(17-13-24)36-30(23-10-6-3-7-11-23)34-28(32(36)40)20-22-8-4-2-5-9-22/h2-20,33H,21H2,1H3,(H,35,39)/b28-20-. The number of hydrazine groups is 1. The van der Waals surface area contributed by atoms with Gasteiger partial charge in [-0.15, -0.1) is 11.8 Å². The number of amides is 3. The van der Waals surface area contributed by atoms with Crippen molar-refractivity contribution in [3.8, 4) is 5.75 Å². The molecule has 0 aliphatic carbocycles. The van der Waals surface area contributed by atoms with Crippen molar-refractivity contribution in [1.29, 1.82) is 0 Å². The summed E-state index contributed by atoms with van der Waals surface area (Å²) in [5.41, 5.74) is 6.54. The van der Waals surface area contributed by atoms with E-state index >= 15 is 0 Å². The Hall–Kier alpha value is -5.15. The zero-order valence-corrected chi connectivity index (χ0v) is 23.5. The SMILES string of the molecule is COc1ccc(C2SCC(=O)N2NC(=O)c2ccc(N3C(=O)/C(=C/c4ccccc4)N=C3c3ccccc3)cc2)cc1. The molecule has 1 atom stereocenters. The molecule has 42 heavy (non-hydrogen) atoms. The molecule has 0 saturated carbocycles. The van der Waals surface area contributed by atoms with E-state index in [1.807, 2.05) is 84.9 Å². The van der Waals surface area contributed by atoms with Gasteiger partial charge in [0.05, 0.1) is 18.6 Å². The maximum absolute atomic E-state index is 13.6. The molecule has 9 heteroatoms. The number of hydrogen-bond acceptors (Lipinski definition) is 6. The number of aliphatic imine (C=N–C) groups is 1. The monoisotopic (exact) mass is 574 g/mol. The van der Waals surface area contributed by atoms with E-state index in [-0.39, 0.29) is 22.9 Å². The Morgan fingerprint density at radius 2 is 1.57 bits per heavy atom. The molecule has 2 aliphatic rings. The molecule has 2 aliphatic heterocycles. The van der Waals surface area contributed by atoms with Gasteiger partial charge in [0.2, 0.25) is 0 Å². The van der Waals surface area contributed by atoms with Crippen molar-refractivity contribution in [2.45, 2.75) is 5.37 Å². The zero-order valence-electron chi connectivity index (χ0n) is 22.6. The van der Waals surface area contributed by atoms with E-state index in [2.05, 4.69) is 5.43 Å². The van der Waals surface area contributed by atoms with Gasteiger partial charge in [-0.3, -0.25) is 24.7 Å². The Bertz CT molecular complexity index is 1690. The number of thioether (sulfide) groups is 1. The smallest absolute Gasteiger partial charge is 0.282 e. The molecule has 4 aromatic rings. The molecule has 0 spiro atoms. The number of hydrogen-bond donors (Lipinski definition) is 1. The molecular weight excluding hydrogens is 548 g/mol. The normalized spacial score (nSPS) is 17.5. The van der Waals surface area contributed by atoms with Crippen LogP contribution >= 0.6 is 11.8 Å². The van der Waals surface area contributed by atoms with Crippen molar-refractivity contribution in [2.24, 2.45) is 4.99 Å². The zero-order chi connectivity index (χ0) is 29.1. The molecule has 2 heterocycles. The van der Waals surface area contributed by atoms with Crippen molar-refractivity contribution in [3.63, 3.8) is 0 Å². The van der Waals surface area contributed by atoms with Gasteiger partial charge in [0, 0.05) is 11.1 Å².